The van der Waals surface area contributed by atoms with E-state index in [-0.39, 0.29) is 10.7 Å². The summed E-state index contributed by atoms with van der Waals surface area (Å²) >= 11 is 0. The number of rotatable bonds is 6. The molecule has 1 fully saturated rings. The minimum Gasteiger partial charge on any atom is -0.294 e. The molecule has 5 heteroatoms. The normalized spacial score (nSPS) is 16.4. The number of ketones is 1. The van der Waals surface area contributed by atoms with Crippen LogP contribution in [0.2, 0.25) is 0 Å². The first-order chi connectivity index (χ1) is 9.53. The van der Waals surface area contributed by atoms with Crippen molar-refractivity contribution in [2.24, 2.45) is 5.92 Å². The Hall–Kier alpha value is -1.20. The molecule has 0 unspecified atom stereocenters. The summed E-state index contributed by atoms with van der Waals surface area (Å²) in [6.45, 7) is 2.26. The van der Waals surface area contributed by atoms with E-state index in [4.69, 9.17) is 0 Å². The van der Waals surface area contributed by atoms with Gasteiger partial charge in [-0.25, -0.2) is 13.1 Å². The highest BCUT2D eigenvalue weighted by Gasteiger charge is 2.20. The minimum absolute atomic E-state index is 0.0437. The van der Waals surface area contributed by atoms with Gasteiger partial charge in [0, 0.05) is 18.5 Å². The number of hydrogen-bond donors (Lipinski definition) is 1. The maximum absolute atomic E-state index is 12.2. The molecule has 0 aromatic heterocycles. The zero-order chi connectivity index (χ0) is 14.6. The molecule has 0 radical (unpaired) electrons. The van der Waals surface area contributed by atoms with Crippen LogP contribution in [0.3, 0.4) is 0 Å². The molecule has 0 aliphatic heterocycles. The van der Waals surface area contributed by atoms with Crippen molar-refractivity contribution in [3.05, 3.63) is 29.8 Å². The van der Waals surface area contributed by atoms with Crippen LogP contribution in [0, 0.1) is 5.92 Å². The largest absolute Gasteiger partial charge is 0.294 e. The predicted molar refractivity (Wildman–Crippen MR) is 78.2 cm³/mol. The van der Waals surface area contributed by atoms with Crippen molar-refractivity contribution in [2.45, 2.75) is 43.9 Å². The van der Waals surface area contributed by atoms with Crippen molar-refractivity contribution >= 4 is 15.8 Å². The lowest BCUT2D eigenvalue weighted by molar-refractivity contribution is 0.0988. The Morgan fingerprint density at radius 3 is 2.65 bits per heavy atom. The Balaban J connectivity index is 2.10. The highest BCUT2D eigenvalue weighted by atomic mass is 32.2. The van der Waals surface area contributed by atoms with E-state index in [0.29, 0.717) is 24.4 Å². The molecule has 0 bridgehead atoms. The van der Waals surface area contributed by atoms with Crippen LogP contribution in [0.1, 0.15) is 49.4 Å². The lowest BCUT2D eigenvalue weighted by Crippen LogP contribution is -2.28. The molecule has 1 aromatic carbocycles. The highest BCUT2D eigenvalue weighted by molar-refractivity contribution is 7.89. The second kappa shape index (κ2) is 6.50. The molecular formula is C15H21NO3S. The maximum atomic E-state index is 12.2. The van der Waals surface area contributed by atoms with E-state index in [9.17, 15) is 13.2 Å². The van der Waals surface area contributed by atoms with Crippen molar-refractivity contribution < 1.29 is 13.2 Å². The molecule has 0 saturated heterocycles. The Morgan fingerprint density at radius 2 is 2.00 bits per heavy atom. The van der Waals surface area contributed by atoms with Crippen molar-refractivity contribution in [3.63, 3.8) is 0 Å². The summed E-state index contributed by atoms with van der Waals surface area (Å²) in [5.74, 6) is 0.406. The molecule has 20 heavy (non-hydrogen) atoms. The monoisotopic (exact) mass is 295 g/mol. The van der Waals surface area contributed by atoms with E-state index in [1.807, 2.05) is 0 Å². The summed E-state index contributed by atoms with van der Waals surface area (Å²) in [7, 11) is -3.51. The van der Waals surface area contributed by atoms with Crippen LogP contribution in [-0.2, 0) is 10.0 Å². The third kappa shape index (κ3) is 3.67. The Bertz CT molecular complexity index is 575. The average molecular weight is 295 g/mol. The molecule has 2 rings (SSSR count). The van der Waals surface area contributed by atoms with Gasteiger partial charge in [-0.3, -0.25) is 4.79 Å². The van der Waals surface area contributed by atoms with Crippen LogP contribution < -0.4 is 4.72 Å². The molecule has 1 N–H and O–H groups in total. The van der Waals surface area contributed by atoms with Gasteiger partial charge in [-0.2, -0.15) is 0 Å². The fourth-order valence-electron chi connectivity index (χ4n) is 2.57. The fourth-order valence-corrected chi connectivity index (χ4v) is 3.73. The molecule has 1 aliphatic rings. The molecule has 110 valence electrons. The standard InChI is InChI=1S/C15H21NO3S/c1-2-15(17)13-8-5-9-14(10-13)20(18,19)16-11-12-6-3-4-7-12/h5,8-10,12,16H,2-4,6-7,11H2,1H3. The first kappa shape index (κ1) is 15.2. The molecule has 0 atom stereocenters. The molecule has 0 spiro atoms. The van der Waals surface area contributed by atoms with E-state index < -0.39 is 10.0 Å². The SMILES string of the molecule is CCC(=O)c1cccc(S(=O)(=O)NCC2CCCC2)c1. The van der Waals surface area contributed by atoms with E-state index in [1.54, 1.807) is 19.1 Å². The minimum atomic E-state index is -3.51. The van der Waals surface area contributed by atoms with Gasteiger partial charge in [0.05, 0.1) is 4.90 Å². The van der Waals surface area contributed by atoms with Crippen molar-refractivity contribution in [3.8, 4) is 0 Å². The Morgan fingerprint density at radius 1 is 1.30 bits per heavy atom. The molecule has 1 saturated carbocycles. The first-order valence-corrected chi connectivity index (χ1v) is 8.64. The van der Waals surface area contributed by atoms with Crippen molar-refractivity contribution in [1.29, 1.82) is 0 Å². The molecule has 1 aromatic rings. The Labute approximate surface area is 120 Å². The lowest BCUT2D eigenvalue weighted by Gasteiger charge is -2.11. The van der Waals surface area contributed by atoms with Crippen LogP contribution in [-0.4, -0.2) is 20.7 Å². The molecule has 4 nitrogen and oxygen atoms in total. The highest BCUT2D eigenvalue weighted by Crippen LogP contribution is 2.24. The second-order valence-electron chi connectivity index (χ2n) is 5.31. The van der Waals surface area contributed by atoms with Crippen LogP contribution in [0.4, 0.5) is 0 Å². The lowest BCUT2D eigenvalue weighted by atomic mass is 10.1. The molecule has 0 amide bonds. The summed E-state index contributed by atoms with van der Waals surface area (Å²) < 4.78 is 27.1. The zero-order valence-corrected chi connectivity index (χ0v) is 12.6. The van der Waals surface area contributed by atoms with Crippen LogP contribution in [0.25, 0.3) is 0 Å². The van der Waals surface area contributed by atoms with Gasteiger partial charge in [-0.05, 0) is 30.9 Å². The summed E-state index contributed by atoms with van der Waals surface area (Å²) in [4.78, 5) is 11.8. The smallest absolute Gasteiger partial charge is 0.240 e. The average Bonchev–Trinajstić information content (AvgIpc) is 2.98. The molecule has 1 aliphatic carbocycles. The number of benzene rings is 1. The van der Waals surface area contributed by atoms with Crippen LogP contribution in [0.15, 0.2) is 29.2 Å². The van der Waals surface area contributed by atoms with Crippen LogP contribution in [0.5, 0.6) is 0 Å². The topological polar surface area (TPSA) is 63.2 Å². The van der Waals surface area contributed by atoms with E-state index in [2.05, 4.69) is 4.72 Å². The number of sulfonamides is 1. The zero-order valence-electron chi connectivity index (χ0n) is 11.8. The molecule has 0 heterocycles. The van der Waals surface area contributed by atoms with Gasteiger partial charge < -0.3 is 0 Å². The van der Waals surface area contributed by atoms with Crippen LogP contribution >= 0.6 is 0 Å². The number of hydrogen-bond acceptors (Lipinski definition) is 3. The fraction of sp³-hybridized carbons (Fsp3) is 0.533. The van der Waals surface area contributed by atoms with Gasteiger partial charge in [0.25, 0.3) is 0 Å². The predicted octanol–water partition coefficient (Wildman–Crippen LogP) is 2.75. The van der Waals surface area contributed by atoms with Gasteiger partial charge in [0.15, 0.2) is 5.78 Å². The number of Topliss-reactive ketones (excluding diaryl/α,β-unsaturated/α-hetero) is 1. The van der Waals surface area contributed by atoms with E-state index in [0.717, 1.165) is 12.8 Å². The van der Waals surface area contributed by atoms with Crippen molar-refractivity contribution in [2.75, 3.05) is 6.54 Å². The maximum Gasteiger partial charge on any atom is 0.240 e. The Kier molecular flexibility index (Phi) is 4.94. The first-order valence-electron chi connectivity index (χ1n) is 7.16. The third-order valence-corrected chi connectivity index (χ3v) is 5.25. The number of carbonyl (C=O) groups is 1. The number of carbonyl (C=O) groups excluding carboxylic acids is 1. The summed E-state index contributed by atoms with van der Waals surface area (Å²) in [5.41, 5.74) is 0.455. The van der Waals surface area contributed by atoms with Gasteiger partial charge in [-0.1, -0.05) is 31.9 Å². The second-order valence-corrected chi connectivity index (χ2v) is 7.07. The molecular weight excluding hydrogens is 274 g/mol. The van der Waals surface area contributed by atoms with Gasteiger partial charge in [0.2, 0.25) is 10.0 Å². The third-order valence-electron chi connectivity index (χ3n) is 3.82. The number of nitrogens with one attached hydrogen (secondary N) is 1. The summed E-state index contributed by atoms with van der Waals surface area (Å²) in [6.07, 6.45) is 4.94. The summed E-state index contributed by atoms with van der Waals surface area (Å²) in [6, 6.07) is 6.26. The van der Waals surface area contributed by atoms with Gasteiger partial charge in [-0.15, -0.1) is 0 Å². The van der Waals surface area contributed by atoms with Gasteiger partial charge in [0.1, 0.15) is 0 Å². The summed E-state index contributed by atoms with van der Waals surface area (Å²) in [5, 5.41) is 0. The quantitative estimate of drug-likeness (QED) is 0.821. The van der Waals surface area contributed by atoms with E-state index in [1.165, 1.54) is 25.0 Å². The van der Waals surface area contributed by atoms with Crippen molar-refractivity contribution in [1.82, 2.24) is 4.72 Å². The van der Waals surface area contributed by atoms with Gasteiger partial charge >= 0.3 is 0 Å². The van der Waals surface area contributed by atoms with E-state index >= 15 is 0 Å².